The van der Waals surface area contributed by atoms with Crippen LogP contribution >= 0.6 is 15.9 Å². The number of benzene rings is 1. The third kappa shape index (κ3) is 4.13. The summed E-state index contributed by atoms with van der Waals surface area (Å²) in [5.41, 5.74) is 1.17. The summed E-state index contributed by atoms with van der Waals surface area (Å²) in [6, 6.07) is 7.42. The fourth-order valence-electron chi connectivity index (χ4n) is 2.77. The van der Waals surface area contributed by atoms with Crippen LogP contribution in [0.2, 0.25) is 0 Å². The van der Waals surface area contributed by atoms with Crippen LogP contribution in [0, 0.1) is 0 Å². The monoisotopic (exact) mass is 340 g/mol. The van der Waals surface area contributed by atoms with Gasteiger partial charge in [0.15, 0.2) is 0 Å². The molecule has 0 aliphatic carbocycles. The number of ether oxygens (including phenoxy) is 1. The second-order valence-corrected chi connectivity index (χ2v) is 6.61. The van der Waals surface area contributed by atoms with Crippen molar-refractivity contribution in [1.29, 1.82) is 0 Å². The first-order chi connectivity index (χ1) is 9.60. The number of rotatable bonds is 4. The first-order valence-corrected chi connectivity index (χ1v) is 8.23. The van der Waals surface area contributed by atoms with Crippen LogP contribution in [0.4, 0.5) is 5.69 Å². The minimum absolute atomic E-state index is 0.569. The van der Waals surface area contributed by atoms with E-state index >= 15 is 0 Å². The highest BCUT2D eigenvalue weighted by Gasteiger charge is 2.18. The Kier molecular flexibility index (Phi) is 5.73. The molecule has 0 saturated carbocycles. The van der Waals surface area contributed by atoms with E-state index in [9.17, 15) is 0 Å². The number of anilines is 1. The Morgan fingerprint density at radius 1 is 1.30 bits per heavy atom. The maximum Gasteiger partial charge on any atom is 0.133 e. The zero-order valence-electron chi connectivity index (χ0n) is 12.7. The summed E-state index contributed by atoms with van der Waals surface area (Å²) in [6.07, 6.45) is 3.72. The molecule has 1 aromatic carbocycles. The molecule has 3 nitrogen and oxygen atoms in total. The van der Waals surface area contributed by atoms with Crippen molar-refractivity contribution in [2.24, 2.45) is 0 Å². The van der Waals surface area contributed by atoms with Crippen molar-refractivity contribution >= 4 is 21.6 Å². The molecular formula is C16H25BrN2O. The van der Waals surface area contributed by atoms with Gasteiger partial charge in [0.1, 0.15) is 5.75 Å². The molecule has 2 rings (SSSR count). The minimum atomic E-state index is 0.569. The molecule has 1 aliphatic rings. The lowest BCUT2D eigenvalue weighted by atomic mass is 10.1. The van der Waals surface area contributed by atoms with Gasteiger partial charge in [-0.25, -0.2) is 0 Å². The number of hydrogen-bond acceptors (Lipinski definition) is 3. The topological polar surface area (TPSA) is 24.5 Å². The molecule has 112 valence electrons. The van der Waals surface area contributed by atoms with Gasteiger partial charge < -0.3 is 15.0 Å². The van der Waals surface area contributed by atoms with Crippen molar-refractivity contribution in [3.63, 3.8) is 0 Å². The van der Waals surface area contributed by atoms with Gasteiger partial charge in [-0.3, -0.25) is 0 Å². The van der Waals surface area contributed by atoms with E-state index in [0.29, 0.717) is 12.1 Å². The van der Waals surface area contributed by atoms with E-state index in [1.165, 1.54) is 38.0 Å². The summed E-state index contributed by atoms with van der Waals surface area (Å²) in [7, 11) is 1.69. The van der Waals surface area contributed by atoms with Crippen LogP contribution in [-0.2, 0) is 0 Å². The highest BCUT2D eigenvalue weighted by Crippen LogP contribution is 2.28. The molecular weight excluding hydrogens is 316 g/mol. The zero-order chi connectivity index (χ0) is 14.5. The largest absolute Gasteiger partial charge is 0.496 e. The van der Waals surface area contributed by atoms with Gasteiger partial charge in [-0.1, -0.05) is 0 Å². The second kappa shape index (κ2) is 7.32. The van der Waals surface area contributed by atoms with Crippen LogP contribution in [0.5, 0.6) is 5.75 Å². The highest BCUT2D eigenvalue weighted by molar-refractivity contribution is 9.10. The van der Waals surface area contributed by atoms with Crippen molar-refractivity contribution in [1.82, 2.24) is 4.90 Å². The summed E-state index contributed by atoms with van der Waals surface area (Å²) in [5, 5.41) is 3.66. The molecule has 4 heteroatoms. The standard InChI is InChI=1S/C16H25BrN2O/c1-12(2)19-9-4-5-13(8-10-19)18-14-6-7-16(20-3)15(17)11-14/h6-7,11-13,18H,4-5,8-10H2,1-3H3. The van der Waals surface area contributed by atoms with Gasteiger partial charge in [-0.2, -0.15) is 0 Å². The Morgan fingerprint density at radius 2 is 2.10 bits per heavy atom. The predicted molar refractivity (Wildman–Crippen MR) is 88.7 cm³/mol. The van der Waals surface area contributed by atoms with Crippen molar-refractivity contribution < 1.29 is 4.74 Å². The van der Waals surface area contributed by atoms with Gasteiger partial charge in [0.05, 0.1) is 11.6 Å². The molecule has 1 aromatic rings. The number of halogens is 1. The molecule has 1 fully saturated rings. The van der Waals surface area contributed by atoms with Crippen LogP contribution in [0.25, 0.3) is 0 Å². The van der Waals surface area contributed by atoms with Crippen molar-refractivity contribution in [3.8, 4) is 5.75 Å². The van der Waals surface area contributed by atoms with Crippen molar-refractivity contribution in [3.05, 3.63) is 22.7 Å². The summed E-state index contributed by atoms with van der Waals surface area (Å²) in [6.45, 7) is 6.98. The molecule has 1 saturated heterocycles. The molecule has 0 aromatic heterocycles. The lowest BCUT2D eigenvalue weighted by molar-refractivity contribution is 0.230. The fraction of sp³-hybridized carbons (Fsp3) is 0.625. The Labute approximate surface area is 130 Å². The normalized spacial score (nSPS) is 20.8. The first kappa shape index (κ1) is 15.6. The average molecular weight is 341 g/mol. The van der Waals surface area contributed by atoms with Crippen molar-refractivity contribution in [2.75, 3.05) is 25.5 Å². The highest BCUT2D eigenvalue weighted by atomic mass is 79.9. The minimum Gasteiger partial charge on any atom is -0.496 e. The summed E-state index contributed by atoms with van der Waals surface area (Å²) in [4.78, 5) is 2.58. The Hall–Kier alpha value is -0.740. The summed E-state index contributed by atoms with van der Waals surface area (Å²) in [5.74, 6) is 0.877. The maximum absolute atomic E-state index is 5.27. The lowest BCUT2D eigenvalue weighted by Crippen LogP contribution is -2.32. The van der Waals surface area contributed by atoms with E-state index < -0.39 is 0 Å². The second-order valence-electron chi connectivity index (χ2n) is 5.75. The molecule has 1 atom stereocenters. The van der Waals surface area contributed by atoms with E-state index in [-0.39, 0.29) is 0 Å². The first-order valence-electron chi connectivity index (χ1n) is 7.44. The van der Waals surface area contributed by atoms with Gasteiger partial charge in [0, 0.05) is 24.3 Å². The Balaban J connectivity index is 1.94. The molecule has 0 bridgehead atoms. The fourth-order valence-corrected chi connectivity index (χ4v) is 3.31. The van der Waals surface area contributed by atoms with E-state index in [4.69, 9.17) is 4.74 Å². The molecule has 0 spiro atoms. The lowest BCUT2D eigenvalue weighted by Gasteiger charge is -2.24. The van der Waals surface area contributed by atoms with Gasteiger partial charge in [-0.15, -0.1) is 0 Å². The maximum atomic E-state index is 5.27. The van der Waals surface area contributed by atoms with E-state index in [1.54, 1.807) is 7.11 Å². The summed E-state index contributed by atoms with van der Waals surface area (Å²) >= 11 is 3.54. The molecule has 1 aliphatic heterocycles. The molecule has 1 heterocycles. The number of nitrogens with zero attached hydrogens (tertiary/aromatic N) is 1. The number of nitrogens with one attached hydrogen (secondary N) is 1. The Bertz CT molecular complexity index is 436. The SMILES string of the molecule is COc1ccc(NC2CCCN(C(C)C)CC2)cc1Br. The van der Waals surface area contributed by atoms with Crippen LogP contribution < -0.4 is 10.1 Å². The van der Waals surface area contributed by atoms with Crippen LogP contribution in [-0.4, -0.2) is 37.2 Å². The number of methoxy groups -OCH3 is 1. The van der Waals surface area contributed by atoms with E-state index in [1.807, 2.05) is 6.07 Å². The van der Waals surface area contributed by atoms with Gasteiger partial charge in [0.25, 0.3) is 0 Å². The van der Waals surface area contributed by atoms with Gasteiger partial charge >= 0.3 is 0 Å². The van der Waals surface area contributed by atoms with Gasteiger partial charge in [-0.05, 0) is 73.8 Å². The Morgan fingerprint density at radius 3 is 2.75 bits per heavy atom. The van der Waals surface area contributed by atoms with Crippen LogP contribution in [0.3, 0.4) is 0 Å². The molecule has 1 unspecified atom stereocenters. The zero-order valence-corrected chi connectivity index (χ0v) is 14.2. The third-order valence-electron chi connectivity index (χ3n) is 4.02. The molecule has 20 heavy (non-hydrogen) atoms. The third-order valence-corrected chi connectivity index (χ3v) is 4.64. The molecule has 0 radical (unpaired) electrons. The van der Waals surface area contributed by atoms with Gasteiger partial charge in [0.2, 0.25) is 0 Å². The smallest absolute Gasteiger partial charge is 0.133 e. The van der Waals surface area contributed by atoms with Crippen LogP contribution in [0.1, 0.15) is 33.1 Å². The van der Waals surface area contributed by atoms with E-state index in [2.05, 4.69) is 52.1 Å². The molecule has 0 amide bonds. The van der Waals surface area contributed by atoms with Crippen LogP contribution in [0.15, 0.2) is 22.7 Å². The average Bonchev–Trinajstić information content (AvgIpc) is 2.65. The summed E-state index contributed by atoms with van der Waals surface area (Å²) < 4.78 is 6.27. The number of hydrogen-bond donors (Lipinski definition) is 1. The van der Waals surface area contributed by atoms with E-state index in [0.717, 1.165) is 10.2 Å². The quantitative estimate of drug-likeness (QED) is 0.891. The predicted octanol–water partition coefficient (Wildman–Crippen LogP) is 4.13. The van der Waals surface area contributed by atoms with Crippen molar-refractivity contribution in [2.45, 2.75) is 45.2 Å². The molecule has 1 N–H and O–H groups in total. The number of likely N-dealkylation sites (tertiary alicyclic amines) is 1.